The highest BCUT2D eigenvalue weighted by Gasteiger charge is 2.42. The van der Waals surface area contributed by atoms with Gasteiger partial charge in [0.1, 0.15) is 35.0 Å². The van der Waals surface area contributed by atoms with E-state index in [4.69, 9.17) is 23.7 Å². The Morgan fingerprint density at radius 3 is 2.34 bits per heavy atom. The zero-order valence-electron chi connectivity index (χ0n) is 26.8. The molecule has 1 N–H and O–H groups in total. The summed E-state index contributed by atoms with van der Waals surface area (Å²) in [6.45, 7) is 13.4. The molecule has 232 valence electrons. The number of aromatic nitrogens is 2. The Labute approximate surface area is 260 Å². The molecule has 0 aliphatic heterocycles. The number of carbonyl (C=O) groups is 1. The van der Waals surface area contributed by atoms with Crippen molar-refractivity contribution in [3.63, 3.8) is 0 Å². The Morgan fingerprint density at radius 2 is 1.73 bits per heavy atom. The van der Waals surface area contributed by atoms with E-state index < -0.39 is 26.5 Å². The number of allylic oxidation sites excluding steroid dienone is 1. The number of aromatic carboxylic acids is 1. The molecule has 1 aliphatic carbocycles. The predicted molar refractivity (Wildman–Crippen MR) is 175 cm³/mol. The molecule has 9 heteroatoms. The first-order chi connectivity index (χ1) is 20.8. The predicted octanol–water partition coefficient (Wildman–Crippen LogP) is 7.81. The van der Waals surface area contributed by atoms with E-state index in [-0.39, 0.29) is 10.6 Å². The van der Waals surface area contributed by atoms with Crippen molar-refractivity contribution in [3.8, 4) is 11.5 Å². The van der Waals surface area contributed by atoms with Crippen molar-refractivity contribution in [2.24, 2.45) is 0 Å². The number of carboxylic acid groups (broad SMARTS) is 1. The maximum Gasteiger partial charge on any atom is 0.337 e. The third kappa shape index (κ3) is 6.25. The first-order valence-electron chi connectivity index (χ1n) is 14.9. The lowest BCUT2D eigenvalue weighted by Crippen LogP contribution is -2.45. The maximum atomic E-state index is 12.0. The number of rotatable bonds is 11. The highest BCUT2D eigenvalue weighted by molar-refractivity contribution is 6.74. The summed E-state index contributed by atoms with van der Waals surface area (Å²) < 4.78 is 27.5. The number of ether oxygens (including phenoxy) is 3. The van der Waals surface area contributed by atoms with E-state index in [1.807, 2.05) is 43.5 Å². The largest absolute Gasteiger partial charge is 0.496 e. The Balaban J connectivity index is 1.64. The average Bonchev–Trinajstić information content (AvgIpc) is 3.58. The van der Waals surface area contributed by atoms with Gasteiger partial charge in [-0.15, -0.1) is 0 Å². The Morgan fingerprint density at radius 1 is 1.05 bits per heavy atom. The number of hydrogen-bond donors (Lipinski definition) is 1. The summed E-state index contributed by atoms with van der Waals surface area (Å²) >= 11 is 0. The van der Waals surface area contributed by atoms with Gasteiger partial charge < -0.3 is 23.7 Å². The fourth-order valence-electron chi connectivity index (χ4n) is 5.38. The van der Waals surface area contributed by atoms with Crippen molar-refractivity contribution >= 4 is 31.3 Å². The normalized spacial score (nSPS) is 14.6. The lowest BCUT2D eigenvalue weighted by atomic mass is 10.0. The summed E-state index contributed by atoms with van der Waals surface area (Å²) in [4.78, 5) is 12.0. The average molecular weight is 615 g/mol. The molecule has 0 radical (unpaired) electrons. The van der Waals surface area contributed by atoms with E-state index in [0.717, 1.165) is 27.8 Å². The minimum Gasteiger partial charge on any atom is -0.496 e. The van der Waals surface area contributed by atoms with Crippen LogP contribution in [-0.2, 0) is 22.1 Å². The van der Waals surface area contributed by atoms with Gasteiger partial charge in [-0.2, -0.15) is 5.10 Å². The fraction of sp³-hybridized carbons (Fsp3) is 0.371. The minimum atomic E-state index is -2.36. The van der Waals surface area contributed by atoms with E-state index in [1.54, 1.807) is 31.0 Å². The molecular formula is C35H42N2O6Si. The van der Waals surface area contributed by atoms with Crippen LogP contribution in [-0.4, -0.2) is 49.5 Å². The number of fused-ring (bicyclic) bond motifs is 2. The Kier molecular flexibility index (Phi) is 8.64. The van der Waals surface area contributed by atoms with Crippen LogP contribution in [0, 0.1) is 6.92 Å². The molecule has 0 saturated heterocycles. The molecule has 44 heavy (non-hydrogen) atoms. The van der Waals surface area contributed by atoms with Crippen LogP contribution in [0.4, 0.5) is 0 Å². The highest BCUT2D eigenvalue weighted by atomic mass is 28.4. The summed E-state index contributed by atoms with van der Waals surface area (Å²) in [6, 6.07) is 17.5. The monoisotopic (exact) mass is 614 g/mol. The molecule has 0 amide bonds. The lowest BCUT2D eigenvalue weighted by molar-refractivity contribution is -0.0101. The fourth-order valence-corrected chi connectivity index (χ4v) is 6.66. The van der Waals surface area contributed by atoms with Gasteiger partial charge in [0.15, 0.2) is 8.32 Å². The van der Waals surface area contributed by atoms with Gasteiger partial charge in [0.25, 0.3) is 0 Å². The van der Waals surface area contributed by atoms with Crippen LogP contribution in [0.3, 0.4) is 0 Å². The Hall–Kier alpha value is -4.08. The lowest BCUT2D eigenvalue weighted by Gasteiger charge is -2.41. The molecule has 8 nitrogen and oxygen atoms in total. The van der Waals surface area contributed by atoms with Gasteiger partial charge in [-0.25, -0.2) is 4.79 Å². The molecule has 0 unspecified atom stereocenters. The summed E-state index contributed by atoms with van der Waals surface area (Å²) in [7, 11) is 0.941. The molecule has 5 rings (SSSR count). The second-order valence-corrected chi connectivity index (χ2v) is 17.6. The van der Waals surface area contributed by atoms with E-state index in [9.17, 15) is 9.90 Å². The summed E-state index contributed by atoms with van der Waals surface area (Å²) in [5, 5.41) is 15.2. The smallest absolute Gasteiger partial charge is 0.337 e. The molecule has 0 spiro atoms. The SMILES string of the molecule is COc1cc([C@@H](O[Si](C)(C)C(C)(C)C)[C@H](Cn2cc3cccc(C(=O)O)c3n2)OC2=Cc3ccccc3C2)cc(OC)c1C. The number of nitrogens with zero attached hydrogens (tertiary/aromatic N) is 2. The molecule has 4 aromatic rings. The second-order valence-electron chi connectivity index (χ2n) is 12.9. The van der Waals surface area contributed by atoms with Crippen LogP contribution in [0.2, 0.25) is 18.1 Å². The van der Waals surface area contributed by atoms with Gasteiger partial charge in [-0.05, 0) is 66.0 Å². The Bertz CT molecular complexity index is 1690. The zero-order chi connectivity index (χ0) is 31.8. The molecule has 0 fully saturated rings. The van der Waals surface area contributed by atoms with Crippen molar-refractivity contribution in [3.05, 3.63) is 94.4 Å². The van der Waals surface area contributed by atoms with Gasteiger partial charge in [-0.1, -0.05) is 57.2 Å². The molecule has 0 saturated carbocycles. The molecule has 3 aromatic carbocycles. The van der Waals surface area contributed by atoms with Crippen LogP contribution < -0.4 is 9.47 Å². The second kappa shape index (κ2) is 12.1. The van der Waals surface area contributed by atoms with Crippen LogP contribution >= 0.6 is 0 Å². The van der Waals surface area contributed by atoms with E-state index >= 15 is 0 Å². The summed E-state index contributed by atoms with van der Waals surface area (Å²) in [5.74, 6) is 1.23. The summed E-state index contributed by atoms with van der Waals surface area (Å²) in [6.07, 6.45) is 3.59. The molecule has 2 atom stereocenters. The molecule has 1 heterocycles. The van der Waals surface area contributed by atoms with Crippen LogP contribution in [0.5, 0.6) is 11.5 Å². The van der Waals surface area contributed by atoms with E-state index in [1.165, 1.54) is 5.56 Å². The molecular weight excluding hydrogens is 572 g/mol. The van der Waals surface area contributed by atoms with E-state index in [0.29, 0.717) is 30.0 Å². The van der Waals surface area contributed by atoms with Gasteiger partial charge in [0.05, 0.1) is 26.3 Å². The van der Waals surface area contributed by atoms with Gasteiger partial charge in [-0.3, -0.25) is 4.68 Å². The first-order valence-corrected chi connectivity index (χ1v) is 17.8. The number of hydrogen-bond acceptors (Lipinski definition) is 6. The number of carboxylic acids is 1. The van der Waals surface area contributed by atoms with Crippen molar-refractivity contribution in [1.82, 2.24) is 9.78 Å². The topological polar surface area (TPSA) is 92.0 Å². The van der Waals surface area contributed by atoms with Crippen LogP contribution in [0.25, 0.3) is 17.0 Å². The standard InChI is InChI=1S/C35H42N2O6Si/c1-22-29(40-5)18-26(19-30(22)41-6)33(43-44(7,8)35(2,3)4)31(42-27-16-23-12-9-10-13-24(23)17-27)21-37-20-25-14-11-15-28(34(38)39)32(25)36-37/h9-16,18-20,31,33H,17,21H2,1-8H3,(H,38,39)/t31-,33+/m0/s1. The maximum absolute atomic E-state index is 12.0. The van der Waals surface area contributed by atoms with Gasteiger partial charge in [0.2, 0.25) is 0 Å². The van der Waals surface area contributed by atoms with Crippen molar-refractivity contribution in [2.45, 2.75) is 71.0 Å². The van der Waals surface area contributed by atoms with Gasteiger partial charge >= 0.3 is 5.97 Å². The van der Waals surface area contributed by atoms with Crippen molar-refractivity contribution in [1.29, 1.82) is 0 Å². The third-order valence-electron chi connectivity index (χ3n) is 8.89. The zero-order valence-corrected chi connectivity index (χ0v) is 27.8. The van der Waals surface area contributed by atoms with Crippen LogP contribution in [0.15, 0.2) is 66.6 Å². The van der Waals surface area contributed by atoms with E-state index in [2.05, 4.69) is 52.1 Å². The first kappa shape index (κ1) is 31.3. The molecule has 1 aromatic heterocycles. The number of benzene rings is 3. The quantitative estimate of drug-likeness (QED) is 0.172. The minimum absolute atomic E-state index is 0.0751. The van der Waals surface area contributed by atoms with Gasteiger partial charge in [0, 0.05) is 23.6 Å². The third-order valence-corrected chi connectivity index (χ3v) is 13.3. The highest BCUT2D eigenvalue weighted by Crippen LogP contribution is 2.44. The van der Waals surface area contributed by atoms with Crippen LogP contribution in [0.1, 0.15) is 59.5 Å². The number of methoxy groups -OCH3 is 2. The van der Waals surface area contributed by atoms with Crippen molar-refractivity contribution in [2.75, 3.05) is 14.2 Å². The molecule has 1 aliphatic rings. The van der Waals surface area contributed by atoms with Crippen molar-refractivity contribution < 1.29 is 28.5 Å². The summed E-state index contributed by atoms with van der Waals surface area (Å²) in [5.41, 5.74) is 4.71. The molecule has 0 bridgehead atoms.